The third-order valence-electron chi connectivity index (χ3n) is 1.72. The molecule has 1 heterocycles. The van der Waals surface area contributed by atoms with Crippen LogP contribution >= 0.6 is 0 Å². The van der Waals surface area contributed by atoms with E-state index in [1.54, 1.807) is 0 Å². The summed E-state index contributed by atoms with van der Waals surface area (Å²) >= 11 is 0. The maximum absolute atomic E-state index is 11.3. The summed E-state index contributed by atoms with van der Waals surface area (Å²) in [4.78, 5) is 3.87. The monoisotopic (exact) mass is 249 g/mol. The van der Waals surface area contributed by atoms with Gasteiger partial charge >= 0.3 is 0 Å². The zero-order chi connectivity index (χ0) is 11.9. The molecule has 0 saturated heterocycles. The molecule has 1 rings (SSSR count). The molecule has 3 N–H and O–H groups in total. The number of nitrogens with one attached hydrogen (secondary N) is 3. The van der Waals surface area contributed by atoms with Crippen molar-refractivity contribution >= 4 is 10.2 Å². The molecule has 1 aromatic heterocycles. The fourth-order valence-corrected chi connectivity index (χ4v) is 1.81. The molecule has 0 atom stereocenters. The van der Waals surface area contributed by atoms with Gasteiger partial charge in [-0.05, 0) is 0 Å². The lowest BCUT2D eigenvalue weighted by Gasteiger charge is -2.06. The maximum atomic E-state index is 11.3. The molecule has 0 aliphatic heterocycles. The van der Waals surface area contributed by atoms with Gasteiger partial charge in [0.25, 0.3) is 10.2 Å². The van der Waals surface area contributed by atoms with Gasteiger partial charge in [0.05, 0.1) is 6.61 Å². The number of methoxy groups -OCH3 is 1. The molecule has 0 aromatic carbocycles. The predicted octanol–water partition coefficient (Wildman–Crippen LogP) is -1.58. The van der Waals surface area contributed by atoms with Gasteiger partial charge in [0.2, 0.25) is 0 Å². The summed E-state index contributed by atoms with van der Waals surface area (Å²) in [6.45, 7) is 0.842. The van der Waals surface area contributed by atoms with Crippen LogP contribution in [0.3, 0.4) is 0 Å². The Labute approximate surface area is 94.0 Å². The summed E-state index contributed by atoms with van der Waals surface area (Å²) in [5.74, 6) is 0.639. The molecule has 8 nitrogen and oxygen atoms in total. The molecule has 0 radical (unpaired) electrons. The first-order valence-electron chi connectivity index (χ1n) is 4.71. The Morgan fingerprint density at radius 2 is 2.19 bits per heavy atom. The van der Waals surface area contributed by atoms with E-state index in [1.165, 1.54) is 13.4 Å². The molecule has 0 saturated carbocycles. The number of H-pyrrole nitrogens is 1. The molecule has 0 bridgehead atoms. The second kappa shape index (κ2) is 6.53. The van der Waals surface area contributed by atoms with Crippen molar-refractivity contribution in [3.63, 3.8) is 0 Å². The van der Waals surface area contributed by atoms with E-state index in [0.29, 0.717) is 18.9 Å². The Morgan fingerprint density at radius 1 is 1.44 bits per heavy atom. The zero-order valence-corrected chi connectivity index (χ0v) is 9.75. The molecule has 9 heteroatoms. The molecule has 0 amide bonds. The lowest BCUT2D eigenvalue weighted by atomic mass is 10.4. The minimum atomic E-state index is -3.45. The summed E-state index contributed by atoms with van der Waals surface area (Å²) in [6.07, 6.45) is 1.84. The van der Waals surface area contributed by atoms with E-state index < -0.39 is 10.2 Å². The third-order valence-corrected chi connectivity index (χ3v) is 2.89. The van der Waals surface area contributed by atoms with Crippen LogP contribution in [0.2, 0.25) is 0 Å². The lowest BCUT2D eigenvalue weighted by molar-refractivity contribution is 0.204. The zero-order valence-electron chi connectivity index (χ0n) is 8.93. The Balaban J connectivity index is 2.20. The average molecular weight is 249 g/mol. The second-order valence-electron chi connectivity index (χ2n) is 2.97. The highest BCUT2D eigenvalue weighted by Gasteiger charge is 2.07. The van der Waals surface area contributed by atoms with Gasteiger partial charge in [0.15, 0.2) is 0 Å². The van der Waals surface area contributed by atoms with Gasteiger partial charge in [-0.3, -0.25) is 5.10 Å². The average Bonchev–Trinajstić information content (AvgIpc) is 2.70. The molecular weight excluding hydrogens is 234 g/mol. The van der Waals surface area contributed by atoms with Crippen molar-refractivity contribution in [2.24, 2.45) is 0 Å². The largest absolute Gasteiger partial charge is 0.383 e. The molecule has 0 aliphatic rings. The molecular formula is C7H15N5O3S. The van der Waals surface area contributed by atoms with Gasteiger partial charge in [-0.2, -0.15) is 18.2 Å². The highest BCUT2D eigenvalue weighted by molar-refractivity contribution is 7.87. The van der Waals surface area contributed by atoms with Crippen molar-refractivity contribution in [1.82, 2.24) is 24.6 Å². The number of hydrogen-bond donors (Lipinski definition) is 3. The minimum Gasteiger partial charge on any atom is -0.383 e. The van der Waals surface area contributed by atoms with Crippen LogP contribution in [0.25, 0.3) is 0 Å². The minimum absolute atomic E-state index is 0.244. The van der Waals surface area contributed by atoms with E-state index in [0.717, 1.165) is 0 Å². The highest BCUT2D eigenvalue weighted by atomic mass is 32.2. The normalized spacial score (nSPS) is 11.8. The van der Waals surface area contributed by atoms with Crippen LogP contribution in [0.15, 0.2) is 6.33 Å². The molecule has 1 aromatic rings. The van der Waals surface area contributed by atoms with Gasteiger partial charge in [-0.25, -0.2) is 9.71 Å². The number of aromatic amines is 1. The Hall–Kier alpha value is -1.03. The summed E-state index contributed by atoms with van der Waals surface area (Å²) < 4.78 is 32.0. The van der Waals surface area contributed by atoms with Crippen molar-refractivity contribution in [3.8, 4) is 0 Å². The van der Waals surface area contributed by atoms with Crippen molar-refractivity contribution in [3.05, 3.63) is 12.2 Å². The van der Waals surface area contributed by atoms with Crippen LogP contribution in [0.5, 0.6) is 0 Å². The van der Waals surface area contributed by atoms with Gasteiger partial charge in [-0.1, -0.05) is 0 Å². The van der Waals surface area contributed by atoms with E-state index in [1.807, 2.05) is 0 Å². The molecule has 0 fully saturated rings. The van der Waals surface area contributed by atoms with Crippen molar-refractivity contribution in [2.45, 2.75) is 6.42 Å². The van der Waals surface area contributed by atoms with Crippen LogP contribution < -0.4 is 9.44 Å². The van der Waals surface area contributed by atoms with Gasteiger partial charge < -0.3 is 4.74 Å². The van der Waals surface area contributed by atoms with E-state index >= 15 is 0 Å². The van der Waals surface area contributed by atoms with Gasteiger partial charge in [-0.15, -0.1) is 0 Å². The predicted molar refractivity (Wildman–Crippen MR) is 56.9 cm³/mol. The number of aromatic nitrogens is 3. The van der Waals surface area contributed by atoms with Crippen LogP contribution in [0.4, 0.5) is 0 Å². The molecule has 0 spiro atoms. The maximum Gasteiger partial charge on any atom is 0.276 e. The van der Waals surface area contributed by atoms with E-state index in [9.17, 15) is 8.42 Å². The van der Waals surface area contributed by atoms with Crippen LogP contribution in [0, 0.1) is 0 Å². The Morgan fingerprint density at radius 3 is 2.81 bits per heavy atom. The summed E-state index contributed by atoms with van der Waals surface area (Å²) in [6, 6.07) is 0. The highest BCUT2D eigenvalue weighted by Crippen LogP contribution is 1.86. The third kappa shape index (κ3) is 5.16. The van der Waals surface area contributed by atoms with Crippen LogP contribution in [-0.4, -0.2) is 50.4 Å². The van der Waals surface area contributed by atoms with Crippen molar-refractivity contribution in [1.29, 1.82) is 0 Å². The summed E-state index contributed by atoms with van der Waals surface area (Å²) in [5.41, 5.74) is 0. The van der Waals surface area contributed by atoms with Gasteiger partial charge in [0.1, 0.15) is 12.2 Å². The lowest BCUT2D eigenvalue weighted by Crippen LogP contribution is -2.39. The molecule has 16 heavy (non-hydrogen) atoms. The molecule has 92 valence electrons. The SMILES string of the molecule is COCCNS(=O)(=O)NCCc1ncn[nH]1. The number of ether oxygens (including phenoxy) is 1. The van der Waals surface area contributed by atoms with Crippen molar-refractivity contribution in [2.75, 3.05) is 26.8 Å². The number of nitrogens with zero attached hydrogens (tertiary/aromatic N) is 2. The number of rotatable bonds is 8. The first kappa shape index (κ1) is 13.0. The van der Waals surface area contributed by atoms with Crippen molar-refractivity contribution < 1.29 is 13.2 Å². The fraction of sp³-hybridized carbons (Fsp3) is 0.714. The summed E-state index contributed by atoms with van der Waals surface area (Å²) in [5, 5.41) is 6.29. The molecule has 0 aliphatic carbocycles. The smallest absolute Gasteiger partial charge is 0.276 e. The first-order valence-corrected chi connectivity index (χ1v) is 6.20. The second-order valence-corrected chi connectivity index (χ2v) is 4.55. The Kier molecular flexibility index (Phi) is 5.32. The van der Waals surface area contributed by atoms with Crippen LogP contribution in [-0.2, 0) is 21.4 Å². The van der Waals surface area contributed by atoms with E-state index in [4.69, 9.17) is 4.74 Å². The summed E-state index contributed by atoms with van der Waals surface area (Å²) in [7, 11) is -1.94. The first-order chi connectivity index (χ1) is 7.64. The van der Waals surface area contributed by atoms with Crippen LogP contribution in [0.1, 0.15) is 5.82 Å². The van der Waals surface area contributed by atoms with E-state index in [2.05, 4.69) is 24.6 Å². The Bertz CT molecular complexity index is 377. The quantitative estimate of drug-likeness (QED) is 0.482. The van der Waals surface area contributed by atoms with E-state index in [-0.39, 0.29) is 13.1 Å². The topological polar surface area (TPSA) is 109 Å². The fourth-order valence-electron chi connectivity index (χ4n) is 0.984. The standard InChI is InChI=1S/C7H15N5O3S/c1-15-5-4-11-16(13,14)10-3-2-7-8-6-9-12-7/h6,10-11H,2-5H2,1H3,(H,8,9,12). The molecule has 0 unspecified atom stereocenters. The van der Waals surface area contributed by atoms with Gasteiger partial charge in [0, 0.05) is 26.6 Å². The number of hydrogen-bond acceptors (Lipinski definition) is 5.